The second-order valence-corrected chi connectivity index (χ2v) is 4.06. The molecule has 0 bridgehead atoms. The predicted molar refractivity (Wildman–Crippen MR) is 72.9 cm³/mol. The van der Waals surface area contributed by atoms with Crippen molar-refractivity contribution in [3.63, 3.8) is 0 Å². The first-order valence-electron chi connectivity index (χ1n) is 5.88. The van der Waals surface area contributed by atoms with Crippen LogP contribution in [-0.4, -0.2) is 18.1 Å². The van der Waals surface area contributed by atoms with Crippen molar-refractivity contribution in [2.75, 3.05) is 12.4 Å². The van der Waals surface area contributed by atoms with Gasteiger partial charge in [0.1, 0.15) is 5.75 Å². The molecule has 0 radical (unpaired) electrons. The minimum absolute atomic E-state index is 0.157. The number of carbonyl (C=O) groups excluding carboxylic acids is 1. The van der Waals surface area contributed by atoms with Crippen molar-refractivity contribution in [1.29, 1.82) is 0 Å². The molecule has 2 rings (SSSR count). The number of methoxy groups -OCH3 is 1. The molecule has 98 valence electrons. The van der Waals surface area contributed by atoms with Crippen molar-refractivity contribution < 1.29 is 14.6 Å². The third-order valence-electron chi connectivity index (χ3n) is 2.71. The average molecular weight is 257 g/mol. The van der Waals surface area contributed by atoms with Gasteiger partial charge in [0.15, 0.2) is 6.10 Å². The molecule has 0 aliphatic heterocycles. The summed E-state index contributed by atoms with van der Waals surface area (Å²) < 4.78 is 5.23. The van der Waals surface area contributed by atoms with Crippen molar-refractivity contribution >= 4 is 11.6 Å². The molecule has 4 heteroatoms. The molecule has 2 aromatic carbocycles. The van der Waals surface area contributed by atoms with Crippen LogP contribution in [0.2, 0.25) is 0 Å². The van der Waals surface area contributed by atoms with Crippen LogP contribution in [0.25, 0.3) is 0 Å². The number of benzene rings is 2. The molecular weight excluding hydrogens is 242 g/mol. The number of hydrogen-bond acceptors (Lipinski definition) is 3. The van der Waals surface area contributed by atoms with E-state index in [1.54, 1.807) is 12.1 Å². The molecule has 0 fully saturated rings. The van der Waals surface area contributed by atoms with E-state index in [-0.39, 0.29) is 11.7 Å². The number of anilines is 1. The van der Waals surface area contributed by atoms with Crippen molar-refractivity contribution in [3.05, 3.63) is 60.2 Å². The van der Waals surface area contributed by atoms with Gasteiger partial charge in [-0.25, -0.2) is 0 Å². The molecule has 2 N–H and O–H groups in total. The minimum atomic E-state index is -0.657. The van der Waals surface area contributed by atoms with Crippen molar-refractivity contribution in [1.82, 2.24) is 0 Å². The van der Waals surface area contributed by atoms with E-state index >= 15 is 0 Å². The van der Waals surface area contributed by atoms with Crippen LogP contribution in [0, 0.1) is 0 Å². The number of phenolic OH excluding ortho intramolecular Hbond substituents is 1. The fourth-order valence-electron chi connectivity index (χ4n) is 1.77. The summed E-state index contributed by atoms with van der Waals surface area (Å²) in [6.07, 6.45) is -0.657. The molecule has 0 aromatic heterocycles. The maximum absolute atomic E-state index is 12.1. The Labute approximate surface area is 111 Å². The lowest BCUT2D eigenvalue weighted by molar-refractivity contribution is -0.126. The van der Waals surface area contributed by atoms with E-state index in [0.717, 1.165) is 5.56 Å². The highest BCUT2D eigenvalue weighted by molar-refractivity contribution is 5.94. The normalized spacial score (nSPS) is 11.8. The zero-order valence-electron chi connectivity index (χ0n) is 10.5. The SMILES string of the molecule is COC(C(=O)Nc1ccc(O)cc1)c1ccccc1. The Bertz CT molecular complexity index is 537. The predicted octanol–water partition coefficient (Wildman–Crippen LogP) is 2.72. The Morgan fingerprint density at radius 2 is 1.74 bits per heavy atom. The largest absolute Gasteiger partial charge is 0.508 e. The van der Waals surface area contributed by atoms with E-state index in [1.165, 1.54) is 19.2 Å². The molecule has 1 unspecified atom stereocenters. The summed E-state index contributed by atoms with van der Waals surface area (Å²) in [5.41, 5.74) is 1.40. The van der Waals surface area contributed by atoms with Gasteiger partial charge in [-0.3, -0.25) is 4.79 Å². The van der Waals surface area contributed by atoms with Gasteiger partial charge in [0.25, 0.3) is 5.91 Å². The third kappa shape index (κ3) is 3.33. The molecule has 19 heavy (non-hydrogen) atoms. The maximum Gasteiger partial charge on any atom is 0.258 e. The standard InChI is InChI=1S/C15H15NO3/c1-19-14(11-5-3-2-4-6-11)15(18)16-12-7-9-13(17)10-8-12/h2-10,14,17H,1H3,(H,16,18). The highest BCUT2D eigenvalue weighted by Crippen LogP contribution is 2.20. The number of rotatable bonds is 4. The molecule has 2 aromatic rings. The first kappa shape index (κ1) is 13.1. The van der Waals surface area contributed by atoms with Crippen LogP contribution < -0.4 is 5.32 Å². The molecule has 0 heterocycles. The van der Waals surface area contributed by atoms with Crippen LogP contribution in [0.5, 0.6) is 5.75 Å². The summed E-state index contributed by atoms with van der Waals surface area (Å²) >= 11 is 0. The lowest BCUT2D eigenvalue weighted by Gasteiger charge is -2.15. The van der Waals surface area contributed by atoms with Gasteiger partial charge in [-0.15, -0.1) is 0 Å². The number of ether oxygens (including phenoxy) is 1. The fraction of sp³-hybridized carbons (Fsp3) is 0.133. The summed E-state index contributed by atoms with van der Waals surface area (Å²) in [6, 6.07) is 15.6. The van der Waals surface area contributed by atoms with Gasteiger partial charge in [0, 0.05) is 12.8 Å². The number of aromatic hydroxyl groups is 1. The molecule has 4 nitrogen and oxygen atoms in total. The van der Waals surface area contributed by atoms with E-state index in [2.05, 4.69) is 5.32 Å². The molecule has 0 spiro atoms. The van der Waals surface area contributed by atoms with Crippen LogP contribution in [0.1, 0.15) is 11.7 Å². The van der Waals surface area contributed by atoms with Gasteiger partial charge in [0.2, 0.25) is 0 Å². The van der Waals surface area contributed by atoms with Crippen molar-refractivity contribution in [2.45, 2.75) is 6.10 Å². The second kappa shape index (κ2) is 6.02. The van der Waals surface area contributed by atoms with Crippen LogP contribution in [0.4, 0.5) is 5.69 Å². The smallest absolute Gasteiger partial charge is 0.258 e. The molecule has 1 amide bonds. The molecular formula is C15H15NO3. The van der Waals surface area contributed by atoms with Crippen LogP contribution in [-0.2, 0) is 9.53 Å². The lowest BCUT2D eigenvalue weighted by atomic mass is 10.1. The first-order chi connectivity index (χ1) is 9.20. The molecule has 0 aliphatic rings. The summed E-state index contributed by atoms with van der Waals surface area (Å²) in [6.45, 7) is 0. The highest BCUT2D eigenvalue weighted by Gasteiger charge is 2.19. The molecule has 0 saturated carbocycles. The van der Waals surface area contributed by atoms with Crippen LogP contribution in [0.3, 0.4) is 0 Å². The van der Waals surface area contributed by atoms with Crippen LogP contribution in [0.15, 0.2) is 54.6 Å². The van der Waals surface area contributed by atoms with Crippen LogP contribution >= 0.6 is 0 Å². The molecule has 0 aliphatic carbocycles. The zero-order valence-corrected chi connectivity index (χ0v) is 10.5. The van der Waals surface area contributed by atoms with Gasteiger partial charge in [0.05, 0.1) is 0 Å². The zero-order chi connectivity index (χ0) is 13.7. The number of nitrogens with one attached hydrogen (secondary N) is 1. The quantitative estimate of drug-likeness (QED) is 0.828. The number of hydrogen-bond donors (Lipinski definition) is 2. The highest BCUT2D eigenvalue weighted by atomic mass is 16.5. The minimum Gasteiger partial charge on any atom is -0.508 e. The summed E-state index contributed by atoms with van der Waals surface area (Å²) in [7, 11) is 1.49. The Hall–Kier alpha value is -2.33. The summed E-state index contributed by atoms with van der Waals surface area (Å²) in [4.78, 5) is 12.1. The second-order valence-electron chi connectivity index (χ2n) is 4.06. The van der Waals surface area contributed by atoms with Gasteiger partial charge < -0.3 is 15.2 Å². The van der Waals surface area contributed by atoms with Crippen molar-refractivity contribution in [3.8, 4) is 5.75 Å². The average Bonchev–Trinajstić information content (AvgIpc) is 2.43. The van der Waals surface area contributed by atoms with E-state index in [9.17, 15) is 9.90 Å². The monoisotopic (exact) mass is 257 g/mol. The summed E-state index contributed by atoms with van der Waals surface area (Å²) in [5.74, 6) is -0.0938. The number of carbonyl (C=O) groups is 1. The molecule has 0 saturated heterocycles. The van der Waals surface area contributed by atoms with Crippen molar-refractivity contribution in [2.24, 2.45) is 0 Å². The summed E-state index contributed by atoms with van der Waals surface area (Å²) in [5, 5.41) is 11.9. The topological polar surface area (TPSA) is 58.6 Å². The Morgan fingerprint density at radius 3 is 2.32 bits per heavy atom. The van der Waals surface area contributed by atoms with E-state index < -0.39 is 6.10 Å². The number of amides is 1. The fourth-order valence-corrected chi connectivity index (χ4v) is 1.77. The Kier molecular flexibility index (Phi) is 4.15. The maximum atomic E-state index is 12.1. The van der Waals surface area contributed by atoms with Gasteiger partial charge in [-0.05, 0) is 29.8 Å². The van der Waals surface area contributed by atoms with Gasteiger partial charge in [-0.1, -0.05) is 30.3 Å². The lowest BCUT2D eigenvalue weighted by Crippen LogP contribution is -2.22. The van der Waals surface area contributed by atoms with E-state index in [0.29, 0.717) is 5.69 Å². The molecule has 1 atom stereocenters. The van der Waals surface area contributed by atoms with E-state index in [4.69, 9.17) is 4.74 Å². The Morgan fingerprint density at radius 1 is 1.11 bits per heavy atom. The number of phenols is 1. The Balaban J connectivity index is 2.11. The first-order valence-corrected chi connectivity index (χ1v) is 5.88. The van der Waals surface area contributed by atoms with E-state index in [1.807, 2.05) is 30.3 Å². The van der Waals surface area contributed by atoms with Gasteiger partial charge in [-0.2, -0.15) is 0 Å². The van der Waals surface area contributed by atoms with Gasteiger partial charge >= 0.3 is 0 Å². The third-order valence-corrected chi connectivity index (χ3v) is 2.71.